The Morgan fingerprint density at radius 2 is 2.26 bits per heavy atom. The number of ether oxygens (including phenoxy) is 1. The van der Waals surface area contributed by atoms with E-state index >= 15 is 0 Å². The molecule has 0 aromatic heterocycles. The van der Waals surface area contributed by atoms with Gasteiger partial charge in [-0.1, -0.05) is 12.5 Å². The monoisotopic (exact) mass is 327 g/mol. The molecule has 5 heteroatoms. The first-order chi connectivity index (χ1) is 9.06. The van der Waals surface area contributed by atoms with Crippen LogP contribution in [0.1, 0.15) is 37.3 Å². The maximum Gasteiger partial charge on any atom is 0.305 e. The molecule has 0 spiro atoms. The van der Waals surface area contributed by atoms with Gasteiger partial charge < -0.3 is 15.6 Å². The van der Waals surface area contributed by atoms with Crippen molar-refractivity contribution in [3.63, 3.8) is 0 Å². The number of nitrogens with two attached hydrogens (primary N) is 1. The average molecular weight is 328 g/mol. The smallest absolute Gasteiger partial charge is 0.305 e. The molecule has 0 radical (unpaired) electrons. The number of carboxylic acids is 1. The molecule has 0 saturated heterocycles. The lowest BCUT2D eigenvalue weighted by Gasteiger charge is -2.25. The van der Waals surface area contributed by atoms with Crippen molar-refractivity contribution < 1.29 is 14.6 Å². The van der Waals surface area contributed by atoms with Crippen molar-refractivity contribution in [3.05, 3.63) is 28.2 Å². The van der Waals surface area contributed by atoms with Gasteiger partial charge in [-0.25, -0.2) is 0 Å². The van der Waals surface area contributed by atoms with Crippen LogP contribution in [0.25, 0.3) is 0 Å². The maximum atomic E-state index is 10.6. The zero-order valence-corrected chi connectivity index (χ0v) is 12.2. The Morgan fingerprint density at radius 3 is 2.79 bits per heavy atom. The number of hydrogen-bond acceptors (Lipinski definition) is 3. The highest BCUT2D eigenvalue weighted by molar-refractivity contribution is 9.10. The Kier molecular flexibility index (Phi) is 4.82. The van der Waals surface area contributed by atoms with E-state index in [1.54, 1.807) is 0 Å². The summed E-state index contributed by atoms with van der Waals surface area (Å²) >= 11 is 3.44. The third kappa shape index (κ3) is 3.94. The number of rotatable bonds is 6. The van der Waals surface area contributed by atoms with Crippen LogP contribution in [-0.2, 0) is 4.79 Å². The molecule has 4 nitrogen and oxygen atoms in total. The highest BCUT2D eigenvalue weighted by atomic mass is 79.9. The van der Waals surface area contributed by atoms with Crippen LogP contribution in [0.15, 0.2) is 22.7 Å². The number of halogens is 1. The topological polar surface area (TPSA) is 72.6 Å². The molecule has 2 rings (SSSR count). The fourth-order valence-electron chi connectivity index (χ4n) is 2.04. The molecular weight excluding hydrogens is 310 g/mol. The molecule has 1 atom stereocenters. The quantitative estimate of drug-likeness (QED) is 0.842. The van der Waals surface area contributed by atoms with Crippen LogP contribution in [0.4, 0.5) is 0 Å². The summed E-state index contributed by atoms with van der Waals surface area (Å²) in [6.45, 7) is 0.749. The van der Waals surface area contributed by atoms with Crippen molar-refractivity contribution in [1.29, 1.82) is 0 Å². The molecule has 1 saturated carbocycles. The largest absolute Gasteiger partial charge is 0.492 e. The van der Waals surface area contributed by atoms with E-state index in [9.17, 15) is 4.79 Å². The highest BCUT2D eigenvalue weighted by Crippen LogP contribution is 2.31. The molecule has 0 bridgehead atoms. The summed E-state index contributed by atoms with van der Waals surface area (Å²) < 4.78 is 6.58. The summed E-state index contributed by atoms with van der Waals surface area (Å²) in [5.74, 6) is 0.577. The zero-order valence-electron chi connectivity index (χ0n) is 10.6. The minimum atomic E-state index is -0.895. The Balaban J connectivity index is 1.97. The van der Waals surface area contributed by atoms with E-state index in [-0.39, 0.29) is 6.42 Å². The minimum absolute atomic E-state index is 0.0747. The second-order valence-electron chi connectivity index (χ2n) is 5.00. The van der Waals surface area contributed by atoms with Crippen LogP contribution in [0.5, 0.6) is 5.75 Å². The Labute approximate surface area is 121 Å². The van der Waals surface area contributed by atoms with E-state index in [1.807, 2.05) is 18.2 Å². The predicted octanol–water partition coefficient (Wildman–Crippen LogP) is 3.10. The van der Waals surface area contributed by atoms with Crippen molar-refractivity contribution in [2.75, 3.05) is 6.61 Å². The molecular formula is C14H18BrNO3. The molecule has 1 aliphatic rings. The van der Waals surface area contributed by atoms with Gasteiger partial charge in [-0.15, -0.1) is 0 Å². The van der Waals surface area contributed by atoms with Gasteiger partial charge in [-0.05, 0) is 52.4 Å². The SMILES string of the molecule is NC(CC(=O)O)c1ccc(OCC2CCC2)c(Br)c1. The third-order valence-corrected chi connectivity index (χ3v) is 4.10. The van der Waals surface area contributed by atoms with Crippen molar-refractivity contribution in [1.82, 2.24) is 0 Å². The zero-order chi connectivity index (χ0) is 13.8. The molecule has 3 N–H and O–H groups in total. The molecule has 0 aliphatic heterocycles. The van der Waals surface area contributed by atoms with Crippen LogP contribution < -0.4 is 10.5 Å². The van der Waals surface area contributed by atoms with Gasteiger partial charge in [0.1, 0.15) is 5.75 Å². The van der Waals surface area contributed by atoms with Gasteiger partial charge in [0.05, 0.1) is 17.5 Å². The lowest BCUT2D eigenvalue weighted by molar-refractivity contribution is -0.137. The maximum absolute atomic E-state index is 10.6. The van der Waals surface area contributed by atoms with Gasteiger partial charge in [-0.3, -0.25) is 4.79 Å². The summed E-state index contributed by atoms with van der Waals surface area (Å²) in [7, 11) is 0. The average Bonchev–Trinajstić information content (AvgIpc) is 2.28. The first kappa shape index (κ1) is 14.3. The molecule has 1 unspecified atom stereocenters. The van der Waals surface area contributed by atoms with E-state index in [1.165, 1.54) is 19.3 Å². The lowest BCUT2D eigenvalue weighted by Crippen LogP contribution is -2.19. The molecule has 0 heterocycles. The first-order valence-corrected chi connectivity index (χ1v) is 7.25. The van der Waals surface area contributed by atoms with Crippen molar-refractivity contribution in [2.24, 2.45) is 11.7 Å². The number of aliphatic carboxylic acids is 1. The lowest BCUT2D eigenvalue weighted by atomic mass is 9.86. The van der Waals surface area contributed by atoms with E-state index in [4.69, 9.17) is 15.6 Å². The second kappa shape index (κ2) is 6.39. The van der Waals surface area contributed by atoms with E-state index in [2.05, 4.69) is 15.9 Å². The minimum Gasteiger partial charge on any atom is -0.492 e. The van der Waals surface area contributed by atoms with Gasteiger partial charge in [0.2, 0.25) is 0 Å². The number of carboxylic acid groups (broad SMARTS) is 1. The molecule has 1 aromatic carbocycles. The van der Waals surface area contributed by atoms with Crippen LogP contribution in [-0.4, -0.2) is 17.7 Å². The molecule has 19 heavy (non-hydrogen) atoms. The van der Waals surface area contributed by atoms with Crippen molar-refractivity contribution in [2.45, 2.75) is 31.7 Å². The molecule has 104 valence electrons. The summed E-state index contributed by atoms with van der Waals surface area (Å²) in [5, 5.41) is 8.73. The summed E-state index contributed by atoms with van der Waals surface area (Å²) in [6, 6.07) is 5.02. The van der Waals surface area contributed by atoms with E-state index in [0.717, 1.165) is 22.4 Å². The standard InChI is InChI=1S/C14H18BrNO3/c15-11-6-10(12(16)7-14(17)18)4-5-13(11)19-8-9-2-1-3-9/h4-6,9,12H,1-3,7-8,16H2,(H,17,18). The fraction of sp³-hybridized carbons (Fsp3) is 0.500. The third-order valence-electron chi connectivity index (χ3n) is 3.48. The Bertz CT molecular complexity index is 460. The molecule has 1 aliphatic carbocycles. The number of benzene rings is 1. The van der Waals surface area contributed by atoms with Gasteiger partial charge in [0.25, 0.3) is 0 Å². The Morgan fingerprint density at radius 1 is 1.53 bits per heavy atom. The van der Waals surface area contributed by atoms with Crippen LogP contribution >= 0.6 is 15.9 Å². The molecule has 0 amide bonds. The Hall–Kier alpha value is -1.07. The fourth-order valence-corrected chi connectivity index (χ4v) is 2.55. The van der Waals surface area contributed by atoms with E-state index in [0.29, 0.717) is 5.92 Å². The van der Waals surface area contributed by atoms with Gasteiger partial charge >= 0.3 is 5.97 Å². The predicted molar refractivity (Wildman–Crippen MR) is 76.2 cm³/mol. The van der Waals surface area contributed by atoms with Crippen LogP contribution in [0.2, 0.25) is 0 Å². The van der Waals surface area contributed by atoms with Gasteiger partial charge in [0.15, 0.2) is 0 Å². The summed E-state index contributed by atoms with van der Waals surface area (Å²) in [4.78, 5) is 10.6. The van der Waals surface area contributed by atoms with Crippen LogP contribution in [0, 0.1) is 5.92 Å². The second-order valence-corrected chi connectivity index (χ2v) is 5.86. The van der Waals surface area contributed by atoms with Crippen LogP contribution in [0.3, 0.4) is 0 Å². The molecule has 1 fully saturated rings. The normalized spacial score (nSPS) is 16.7. The highest BCUT2D eigenvalue weighted by Gasteiger charge is 2.18. The van der Waals surface area contributed by atoms with Crippen molar-refractivity contribution in [3.8, 4) is 5.75 Å². The van der Waals surface area contributed by atoms with Gasteiger partial charge in [-0.2, -0.15) is 0 Å². The number of carbonyl (C=O) groups is 1. The number of hydrogen-bond donors (Lipinski definition) is 2. The summed E-state index contributed by atoms with van der Waals surface area (Å²) in [5.41, 5.74) is 6.62. The first-order valence-electron chi connectivity index (χ1n) is 6.46. The van der Waals surface area contributed by atoms with E-state index < -0.39 is 12.0 Å². The van der Waals surface area contributed by atoms with Crippen molar-refractivity contribution >= 4 is 21.9 Å². The molecule has 1 aromatic rings. The van der Waals surface area contributed by atoms with Gasteiger partial charge in [0, 0.05) is 6.04 Å². The summed E-state index contributed by atoms with van der Waals surface area (Å²) in [6.07, 6.45) is 3.73.